The second-order valence-corrected chi connectivity index (χ2v) is 6.09. The zero-order chi connectivity index (χ0) is 15.2. The second-order valence-electron chi connectivity index (χ2n) is 4.73. The zero-order valence-electron chi connectivity index (χ0n) is 12.1. The van der Waals surface area contributed by atoms with Gasteiger partial charge in [0.2, 0.25) is 0 Å². The SMILES string of the molecule is COCCc1ccc(C(Br)c2ccc(Cl)cc2OC)cc1. The molecule has 0 bridgehead atoms. The predicted molar refractivity (Wildman–Crippen MR) is 90.8 cm³/mol. The molecular formula is C17H18BrClO2. The Morgan fingerprint density at radius 2 is 1.81 bits per heavy atom. The summed E-state index contributed by atoms with van der Waals surface area (Å²) in [6.07, 6.45) is 0.925. The average Bonchev–Trinajstić information content (AvgIpc) is 2.52. The van der Waals surface area contributed by atoms with Crippen molar-refractivity contribution in [1.82, 2.24) is 0 Å². The minimum Gasteiger partial charge on any atom is -0.496 e. The first-order valence-electron chi connectivity index (χ1n) is 6.71. The fraction of sp³-hybridized carbons (Fsp3) is 0.294. The van der Waals surface area contributed by atoms with Crippen LogP contribution < -0.4 is 4.74 Å². The number of alkyl halides is 1. The standard InChI is InChI=1S/C17H18BrClO2/c1-20-10-9-12-3-5-13(6-4-12)17(18)15-8-7-14(19)11-16(15)21-2/h3-8,11,17H,9-10H2,1-2H3. The molecule has 2 aromatic carbocycles. The van der Waals surface area contributed by atoms with E-state index in [1.165, 1.54) is 11.1 Å². The van der Waals surface area contributed by atoms with Crippen molar-refractivity contribution in [3.05, 3.63) is 64.2 Å². The highest BCUT2D eigenvalue weighted by Gasteiger charge is 2.15. The summed E-state index contributed by atoms with van der Waals surface area (Å²) in [7, 11) is 3.37. The lowest BCUT2D eigenvalue weighted by molar-refractivity contribution is 0.202. The van der Waals surface area contributed by atoms with E-state index >= 15 is 0 Å². The Kier molecular flexibility index (Phi) is 6.09. The maximum absolute atomic E-state index is 6.01. The predicted octanol–water partition coefficient (Wildman–Crippen LogP) is 5.02. The molecule has 0 saturated carbocycles. The summed E-state index contributed by atoms with van der Waals surface area (Å²) >= 11 is 9.75. The van der Waals surface area contributed by atoms with Gasteiger partial charge in [-0.15, -0.1) is 0 Å². The van der Waals surface area contributed by atoms with E-state index in [-0.39, 0.29) is 4.83 Å². The topological polar surface area (TPSA) is 18.5 Å². The first-order chi connectivity index (χ1) is 10.2. The van der Waals surface area contributed by atoms with Gasteiger partial charge in [0.15, 0.2) is 0 Å². The summed E-state index contributed by atoms with van der Waals surface area (Å²) in [5, 5.41) is 0.671. The molecule has 0 saturated heterocycles. The molecular weight excluding hydrogens is 352 g/mol. The molecule has 0 heterocycles. The Morgan fingerprint density at radius 1 is 1.10 bits per heavy atom. The van der Waals surface area contributed by atoms with Crippen molar-refractivity contribution in [3.63, 3.8) is 0 Å². The summed E-state index contributed by atoms with van der Waals surface area (Å²) in [6, 6.07) is 14.2. The molecule has 0 amide bonds. The van der Waals surface area contributed by atoms with Crippen molar-refractivity contribution in [3.8, 4) is 5.75 Å². The highest BCUT2D eigenvalue weighted by Crippen LogP contribution is 2.37. The molecule has 1 unspecified atom stereocenters. The van der Waals surface area contributed by atoms with Crippen LogP contribution in [0, 0.1) is 0 Å². The van der Waals surface area contributed by atoms with Crippen molar-refractivity contribution < 1.29 is 9.47 Å². The van der Waals surface area contributed by atoms with Gasteiger partial charge in [-0.25, -0.2) is 0 Å². The minimum absolute atomic E-state index is 0.0705. The molecule has 4 heteroatoms. The van der Waals surface area contributed by atoms with E-state index in [0.717, 1.165) is 24.3 Å². The number of halogens is 2. The summed E-state index contributed by atoms with van der Waals surface area (Å²) in [4.78, 5) is 0.0705. The monoisotopic (exact) mass is 368 g/mol. The first-order valence-corrected chi connectivity index (χ1v) is 8.00. The van der Waals surface area contributed by atoms with Crippen LogP contribution in [-0.2, 0) is 11.2 Å². The largest absolute Gasteiger partial charge is 0.496 e. The van der Waals surface area contributed by atoms with Gasteiger partial charge in [-0.2, -0.15) is 0 Å². The van der Waals surface area contributed by atoms with Crippen LogP contribution in [0.15, 0.2) is 42.5 Å². The van der Waals surface area contributed by atoms with Gasteiger partial charge in [-0.1, -0.05) is 57.9 Å². The lowest BCUT2D eigenvalue weighted by Gasteiger charge is -2.15. The Hall–Kier alpha value is -1.03. The zero-order valence-corrected chi connectivity index (χ0v) is 14.4. The minimum atomic E-state index is 0.0705. The molecule has 0 aliphatic carbocycles. The van der Waals surface area contributed by atoms with Gasteiger partial charge in [-0.05, 0) is 29.7 Å². The van der Waals surface area contributed by atoms with Gasteiger partial charge < -0.3 is 9.47 Å². The van der Waals surface area contributed by atoms with Gasteiger partial charge in [-0.3, -0.25) is 0 Å². The van der Waals surface area contributed by atoms with Crippen LogP contribution in [0.3, 0.4) is 0 Å². The molecule has 0 aliphatic rings. The Morgan fingerprint density at radius 3 is 2.43 bits per heavy atom. The van der Waals surface area contributed by atoms with Crippen LogP contribution in [0.5, 0.6) is 5.75 Å². The third-order valence-corrected chi connectivity index (χ3v) is 4.59. The van der Waals surface area contributed by atoms with Crippen molar-refractivity contribution in [2.24, 2.45) is 0 Å². The highest BCUT2D eigenvalue weighted by atomic mass is 79.9. The molecule has 21 heavy (non-hydrogen) atoms. The van der Waals surface area contributed by atoms with Crippen LogP contribution in [-0.4, -0.2) is 20.8 Å². The van der Waals surface area contributed by atoms with Crippen molar-refractivity contribution in [2.45, 2.75) is 11.2 Å². The summed E-state index contributed by atoms with van der Waals surface area (Å²) in [6.45, 7) is 0.738. The highest BCUT2D eigenvalue weighted by molar-refractivity contribution is 9.09. The molecule has 1 atom stereocenters. The lowest BCUT2D eigenvalue weighted by Crippen LogP contribution is -1.98. The van der Waals surface area contributed by atoms with E-state index in [1.54, 1.807) is 14.2 Å². The van der Waals surface area contributed by atoms with Crippen LogP contribution in [0.1, 0.15) is 21.5 Å². The molecule has 2 nitrogen and oxygen atoms in total. The van der Waals surface area contributed by atoms with Gasteiger partial charge >= 0.3 is 0 Å². The molecule has 0 aliphatic heterocycles. The van der Waals surface area contributed by atoms with E-state index in [0.29, 0.717) is 5.02 Å². The van der Waals surface area contributed by atoms with E-state index in [4.69, 9.17) is 21.1 Å². The smallest absolute Gasteiger partial charge is 0.125 e. The third kappa shape index (κ3) is 4.22. The lowest BCUT2D eigenvalue weighted by atomic mass is 10.0. The van der Waals surface area contributed by atoms with Crippen LogP contribution in [0.2, 0.25) is 5.02 Å². The van der Waals surface area contributed by atoms with E-state index in [2.05, 4.69) is 40.2 Å². The van der Waals surface area contributed by atoms with E-state index < -0.39 is 0 Å². The van der Waals surface area contributed by atoms with Crippen molar-refractivity contribution >= 4 is 27.5 Å². The van der Waals surface area contributed by atoms with E-state index in [1.807, 2.05) is 18.2 Å². The maximum atomic E-state index is 6.01. The first kappa shape index (κ1) is 16.3. The number of ether oxygens (including phenoxy) is 2. The van der Waals surface area contributed by atoms with Gasteiger partial charge in [0.25, 0.3) is 0 Å². The molecule has 112 valence electrons. The summed E-state index contributed by atoms with van der Waals surface area (Å²) in [5.41, 5.74) is 3.51. The summed E-state index contributed by atoms with van der Waals surface area (Å²) in [5.74, 6) is 0.785. The molecule has 0 aromatic heterocycles. The quantitative estimate of drug-likeness (QED) is 0.665. The van der Waals surface area contributed by atoms with Crippen LogP contribution >= 0.6 is 27.5 Å². The number of hydrogen-bond acceptors (Lipinski definition) is 2. The fourth-order valence-corrected chi connectivity index (χ4v) is 2.99. The Labute approximate surface area is 139 Å². The Bertz CT molecular complexity index is 584. The molecule has 0 spiro atoms. The maximum Gasteiger partial charge on any atom is 0.125 e. The van der Waals surface area contributed by atoms with E-state index in [9.17, 15) is 0 Å². The number of rotatable bonds is 6. The second kappa shape index (κ2) is 7.83. The molecule has 2 aromatic rings. The molecule has 2 rings (SSSR count). The number of benzene rings is 2. The molecule has 0 radical (unpaired) electrons. The van der Waals surface area contributed by atoms with Gasteiger partial charge in [0, 0.05) is 17.7 Å². The molecule has 0 fully saturated rings. The Balaban J connectivity index is 2.21. The summed E-state index contributed by atoms with van der Waals surface area (Å²) < 4.78 is 10.5. The fourth-order valence-electron chi connectivity index (χ4n) is 2.15. The van der Waals surface area contributed by atoms with Crippen molar-refractivity contribution in [2.75, 3.05) is 20.8 Å². The average molecular weight is 370 g/mol. The molecule has 0 N–H and O–H groups in total. The number of hydrogen-bond donors (Lipinski definition) is 0. The third-order valence-electron chi connectivity index (χ3n) is 3.34. The van der Waals surface area contributed by atoms with Crippen molar-refractivity contribution in [1.29, 1.82) is 0 Å². The van der Waals surface area contributed by atoms with Crippen LogP contribution in [0.25, 0.3) is 0 Å². The number of methoxy groups -OCH3 is 2. The normalized spacial score (nSPS) is 12.2. The van der Waals surface area contributed by atoms with Crippen LogP contribution in [0.4, 0.5) is 0 Å². The van der Waals surface area contributed by atoms with Gasteiger partial charge in [0.05, 0.1) is 18.5 Å². The van der Waals surface area contributed by atoms with Gasteiger partial charge in [0.1, 0.15) is 5.75 Å².